The number of halogens is 3. The third-order valence-electron chi connectivity index (χ3n) is 9.37. The van der Waals surface area contributed by atoms with E-state index in [9.17, 15) is 26.4 Å². The first-order valence-corrected chi connectivity index (χ1v) is 16.1. The molecular weight excluding hydrogens is 587 g/mol. The van der Waals surface area contributed by atoms with E-state index in [2.05, 4.69) is 39.6 Å². The number of benzene rings is 4. The van der Waals surface area contributed by atoms with Crippen molar-refractivity contribution in [3.05, 3.63) is 119 Å². The van der Waals surface area contributed by atoms with E-state index in [0.717, 1.165) is 23.9 Å². The molecule has 0 aromatic heterocycles. The molecule has 6 nitrogen and oxygen atoms in total. The second kappa shape index (κ2) is 10.7. The number of carbonyl (C=O) groups excluding carboxylic acids is 1. The quantitative estimate of drug-likeness (QED) is 0.204. The summed E-state index contributed by atoms with van der Waals surface area (Å²) in [4.78, 5) is 13.2. The molecule has 2 bridgehead atoms. The van der Waals surface area contributed by atoms with Crippen LogP contribution in [0.15, 0.2) is 102 Å². The van der Waals surface area contributed by atoms with Gasteiger partial charge in [0.2, 0.25) is 0 Å². The van der Waals surface area contributed by atoms with Gasteiger partial charge in [0.1, 0.15) is 0 Å². The molecule has 10 heteroatoms. The first-order valence-electron chi connectivity index (χ1n) is 14.6. The molecule has 0 radical (unpaired) electrons. The molecule has 2 aliphatic carbocycles. The summed E-state index contributed by atoms with van der Waals surface area (Å²) in [5.74, 6) is 1.81. The summed E-state index contributed by atoms with van der Waals surface area (Å²) in [6, 6.07) is 26.1. The minimum Gasteiger partial charge on any atom is -0.378 e. The molecule has 1 amide bonds. The number of amides is 1. The molecule has 44 heavy (non-hydrogen) atoms. The minimum atomic E-state index is -4.60. The molecule has 4 aromatic rings. The van der Waals surface area contributed by atoms with Gasteiger partial charge in [0.25, 0.3) is 15.9 Å². The molecule has 2 saturated carbocycles. The third kappa shape index (κ3) is 5.21. The summed E-state index contributed by atoms with van der Waals surface area (Å²) in [6.07, 6.45) is -0.929. The molecule has 3 N–H and O–H groups in total. The van der Waals surface area contributed by atoms with Crippen LogP contribution in [0.1, 0.15) is 58.3 Å². The van der Waals surface area contributed by atoms with Gasteiger partial charge in [-0.1, -0.05) is 36.4 Å². The van der Waals surface area contributed by atoms with E-state index in [-0.39, 0.29) is 22.5 Å². The molecule has 7 rings (SSSR count). The molecule has 0 unspecified atom stereocenters. The molecule has 1 heterocycles. The lowest BCUT2D eigenvalue weighted by Crippen LogP contribution is -2.35. The lowest BCUT2D eigenvalue weighted by Gasteiger charge is -2.43. The average molecular weight is 618 g/mol. The Bertz CT molecular complexity index is 1830. The second-order valence-electron chi connectivity index (χ2n) is 11.9. The van der Waals surface area contributed by atoms with Crippen LogP contribution >= 0.6 is 0 Å². The summed E-state index contributed by atoms with van der Waals surface area (Å²) in [6.45, 7) is 0. The zero-order valence-electron chi connectivity index (χ0n) is 23.5. The number of anilines is 3. The third-order valence-corrected chi connectivity index (χ3v) is 10.8. The number of fused-ring (bicyclic) bond motifs is 7. The van der Waals surface area contributed by atoms with E-state index in [1.165, 1.54) is 60.7 Å². The maximum Gasteiger partial charge on any atom is 0.416 e. The maximum absolute atomic E-state index is 13.3. The Kier molecular flexibility index (Phi) is 6.92. The van der Waals surface area contributed by atoms with Gasteiger partial charge in [-0.2, -0.15) is 13.2 Å². The lowest BCUT2D eigenvalue weighted by molar-refractivity contribution is -0.137. The second-order valence-corrected chi connectivity index (χ2v) is 13.6. The molecule has 1 aliphatic heterocycles. The number of rotatable bonds is 6. The van der Waals surface area contributed by atoms with Crippen LogP contribution < -0.4 is 15.4 Å². The van der Waals surface area contributed by atoms with Crippen molar-refractivity contribution in [3.8, 4) is 0 Å². The Balaban J connectivity index is 1.08. The number of sulfonamides is 1. The minimum absolute atomic E-state index is 0.150. The number of alkyl halides is 3. The van der Waals surface area contributed by atoms with Crippen molar-refractivity contribution in [2.45, 2.75) is 42.3 Å². The number of hydrogen-bond acceptors (Lipinski definition) is 4. The first-order chi connectivity index (χ1) is 21.1. The highest BCUT2D eigenvalue weighted by atomic mass is 32.2. The van der Waals surface area contributed by atoms with E-state index in [4.69, 9.17) is 0 Å². The van der Waals surface area contributed by atoms with Crippen LogP contribution in [0.5, 0.6) is 0 Å². The van der Waals surface area contributed by atoms with Crippen LogP contribution in [0.25, 0.3) is 0 Å². The van der Waals surface area contributed by atoms with Crippen LogP contribution in [0.4, 0.5) is 30.2 Å². The largest absolute Gasteiger partial charge is 0.416 e. The summed E-state index contributed by atoms with van der Waals surface area (Å²) in [5.41, 5.74) is 3.29. The average Bonchev–Trinajstić information content (AvgIpc) is 3.64. The molecular formula is C34H30F3N3O3S. The Hall–Kier alpha value is -4.31. The molecule has 4 aromatic carbocycles. The fourth-order valence-corrected chi connectivity index (χ4v) is 8.56. The van der Waals surface area contributed by atoms with Gasteiger partial charge in [0, 0.05) is 22.6 Å². The molecule has 0 saturated heterocycles. The number of carbonyl (C=O) groups is 1. The summed E-state index contributed by atoms with van der Waals surface area (Å²) < 4.78 is 66.9. The highest BCUT2D eigenvalue weighted by Crippen LogP contribution is 2.63. The van der Waals surface area contributed by atoms with Crippen molar-refractivity contribution >= 4 is 33.0 Å². The van der Waals surface area contributed by atoms with Crippen LogP contribution in [0, 0.1) is 17.8 Å². The van der Waals surface area contributed by atoms with E-state index in [0.29, 0.717) is 34.9 Å². The summed E-state index contributed by atoms with van der Waals surface area (Å²) in [5, 5.41) is 6.63. The predicted molar refractivity (Wildman–Crippen MR) is 163 cm³/mol. The Morgan fingerprint density at radius 2 is 1.57 bits per heavy atom. The molecule has 0 spiro atoms. The van der Waals surface area contributed by atoms with E-state index < -0.39 is 21.8 Å². The number of nitrogens with one attached hydrogen (secondary N) is 3. The van der Waals surface area contributed by atoms with Crippen molar-refractivity contribution in [1.82, 2.24) is 0 Å². The van der Waals surface area contributed by atoms with Gasteiger partial charge in [-0.05, 0) is 115 Å². The van der Waals surface area contributed by atoms with Crippen LogP contribution in [0.2, 0.25) is 0 Å². The van der Waals surface area contributed by atoms with Gasteiger partial charge in [-0.25, -0.2) is 8.42 Å². The SMILES string of the molecule is O=C(Nc1ccc(S(=O)(=O)Nc2cccc(C(F)(F)F)c2)cc1)c1ccc2c(c1)[C@@H]1[C@H]3CC[C@@H](C3)[C@H]1[C@@H](c1ccccc1)N2. The van der Waals surface area contributed by atoms with Gasteiger partial charge in [-0.15, -0.1) is 0 Å². The smallest absolute Gasteiger partial charge is 0.378 e. The Labute approximate surface area is 253 Å². The van der Waals surface area contributed by atoms with Gasteiger partial charge in [0.15, 0.2) is 0 Å². The topological polar surface area (TPSA) is 87.3 Å². The van der Waals surface area contributed by atoms with Crippen LogP contribution in [-0.4, -0.2) is 14.3 Å². The van der Waals surface area contributed by atoms with Gasteiger partial charge >= 0.3 is 6.18 Å². The lowest BCUT2D eigenvalue weighted by atomic mass is 9.68. The molecule has 226 valence electrons. The monoisotopic (exact) mass is 617 g/mol. The van der Waals surface area contributed by atoms with Gasteiger partial charge < -0.3 is 10.6 Å². The first kappa shape index (κ1) is 28.5. The number of hydrogen-bond donors (Lipinski definition) is 3. The normalized spacial score (nSPS) is 23.8. The van der Waals surface area contributed by atoms with Crippen molar-refractivity contribution in [3.63, 3.8) is 0 Å². The highest BCUT2D eigenvalue weighted by Gasteiger charge is 2.53. The summed E-state index contributed by atoms with van der Waals surface area (Å²) >= 11 is 0. The molecule has 2 fully saturated rings. The maximum atomic E-state index is 13.3. The van der Waals surface area contributed by atoms with Crippen molar-refractivity contribution < 1.29 is 26.4 Å². The van der Waals surface area contributed by atoms with E-state index in [1.807, 2.05) is 18.2 Å². The predicted octanol–water partition coefficient (Wildman–Crippen LogP) is 8.06. The van der Waals surface area contributed by atoms with Crippen molar-refractivity contribution in [2.75, 3.05) is 15.4 Å². The standard InChI is InChI=1S/C34H30F3N3O3S/c35-34(36,37)24-7-4-8-26(19-24)40-44(42,43)27-14-12-25(13-15-27)38-33(41)23-11-16-29-28(18-23)30-21-9-10-22(17-21)31(30)32(39-29)20-5-2-1-3-6-20/h1-8,11-16,18-19,21-22,30-32,39-40H,9-10,17H2,(H,38,41)/t21-,22-,30-,31+,32+/m0/s1. The van der Waals surface area contributed by atoms with Gasteiger partial charge in [-0.3, -0.25) is 9.52 Å². The zero-order chi connectivity index (χ0) is 30.6. The fraction of sp³-hybridized carbons (Fsp3) is 0.265. The van der Waals surface area contributed by atoms with Gasteiger partial charge in [0.05, 0.1) is 16.5 Å². The highest BCUT2D eigenvalue weighted by molar-refractivity contribution is 7.92. The van der Waals surface area contributed by atoms with Crippen LogP contribution in [-0.2, 0) is 16.2 Å². The van der Waals surface area contributed by atoms with Crippen molar-refractivity contribution in [2.24, 2.45) is 17.8 Å². The molecule has 3 aliphatic rings. The van der Waals surface area contributed by atoms with Crippen LogP contribution in [0.3, 0.4) is 0 Å². The molecule has 5 atom stereocenters. The fourth-order valence-electron chi connectivity index (χ4n) is 7.51. The van der Waals surface area contributed by atoms with E-state index >= 15 is 0 Å². The zero-order valence-corrected chi connectivity index (χ0v) is 24.3. The summed E-state index contributed by atoms with van der Waals surface area (Å²) in [7, 11) is -4.16. The Morgan fingerprint density at radius 1 is 0.818 bits per heavy atom. The van der Waals surface area contributed by atoms with Crippen molar-refractivity contribution in [1.29, 1.82) is 0 Å². The van der Waals surface area contributed by atoms with E-state index in [1.54, 1.807) is 6.07 Å². The Morgan fingerprint density at radius 3 is 2.32 bits per heavy atom.